The van der Waals surface area contributed by atoms with Crippen LogP contribution in [0.2, 0.25) is 10.0 Å². The summed E-state index contributed by atoms with van der Waals surface area (Å²) < 4.78 is 1.86. The lowest BCUT2D eigenvalue weighted by Gasteiger charge is -2.09. The van der Waals surface area contributed by atoms with Crippen molar-refractivity contribution < 1.29 is 0 Å². The third-order valence-electron chi connectivity index (χ3n) is 2.90. The predicted octanol–water partition coefficient (Wildman–Crippen LogP) is 3.99. The Hall–Kier alpha value is -1.03. The van der Waals surface area contributed by atoms with Crippen LogP contribution >= 0.6 is 23.2 Å². The Morgan fingerprint density at radius 2 is 1.84 bits per heavy atom. The molecule has 0 fully saturated rings. The van der Waals surface area contributed by atoms with Crippen molar-refractivity contribution in [1.82, 2.24) is 15.1 Å². The molecule has 19 heavy (non-hydrogen) atoms. The van der Waals surface area contributed by atoms with Gasteiger partial charge in [-0.1, -0.05) is 37.0 Å². The molecule has 0 aliphatic rings. The summed E-state index contributed by atoms with van der Waals surface area (Å²) in [5.74, 6) is 0. The summed E-state index contributed by atoms with van der Waals surface area (Å²) >= 11 is 12.0. The second-order valence-corrected chi connectivity index (χ2v) is 5.70. The van der Waals surface area contributed by atoms with E-state index in [1.165, 1.54) is 5.56 Å². The monoisotopic (exact) mass is 297 g/mol. The number of nitrogens with one attached hydrogen (secondary N) is 1. The van der Waals surface area contributed by atoms with Crippen molar-refractivity contribution in [2.45, 2.75) is 33.4 Å². The smallest absolute Gasteiger partial charge is 0.0678 e. The zero-order valence-corrected chi connectivity index (χ0v) is 12.8. The first-order chi connectivity index (χ1) is 8.97. The molecule has 5 heteroatoms. The van der Waals surface area contributed by atoms with Crippen LogP contribution < -0.4 is 5.32 Å². The van der Waals surface area contributed by atoms with Crippen LogP contribution in [-0.4, -0.2) is 15.8 Å². The van der Waals surface area contributed by atoms with E-state index < -0.39 is 0 Å². The molecule has 0 unspecified atom stereocenters. The molecule has 0 aliphatic heterocycles. The van der Waals surface area contributed by atoms with E-state index in [1.807, 2.05) is 29.9 Å². The second kappa shape index (κ2) is 5.95. The second-order valence-electron chi connectivity index (χ2n) is 4.83. The van der Waals surface area contributed by atoms with E-state index in [9.17, 15) is 0 Å². The quantitative estimate of drug-likeness (QED) is 0.925. The van der Waals surface area contributed by atoms with Gasteiger partial charge < -0.3 is 5.32 Å². The summed E-state index contributed by atoms with van der Waals surface area (Å²) in [4.78, 5) is 0. The van der Waals surface area contributed by atoms with Gasteiger partial charge in [0, 0.05) is 33.9 Å². The summed E-state index contributed by atoms with van der Waals surface area (Å²) in [7, 11) is 0. The number of aromatic nitrogens is 2. The molecule has 3 nitrogen and oxygen atoms in total. The molecule has 0 atom stereocenters. The largest absolute Gasteiger partial charge is 0.310 e. The average Bonchev–Trinajstić information content (AvgIpc) is 2.66. The van der Waals surface area contributed by atoms with Crippen LogP contribution in [0.1, 0.15) is 25.1 Å². The van der Waals surface area contributed by atoms with Gasteiger partial charge in [0.1, 0.15) is 0 Å². The van der Waals surface area contributed by atoms with Crippen LogP contribution in [0.25, 0.3) is 5.69 Å². The zero-order chi connectivity index (χ0) is 14.0. The molecular weight excluding hydrogens is 281 g/mol. The van der Waals surface area contributed by atoms with Crippen molar-refractivity contribution in [2.75, 3.05) is 0 Å². The van der Waals surface area contributed by atoms with Gasteiger partial charge in [-0.05, 0) is 25.1 Å². The number of benzene rings is 1. The summed E-state index contributed by atoms with van der Waals surface area (Å²) in [6, 6.07) is 5.87. The summed E-state index contributed by atoms with van der Waals surface area (Å²) in [5, 5.41) is 9.01. The number of nitrogens with zero attached hydrogens (tertiary/aromatic N) is 2. The van der Waals surface area contributed by atoms with Gasteiger partial charge in [-0.3, -0.25) is 0 Å². The van der Waals surface area contributed by atoms with Crippen molar-refractivity contribution in [1.29, 1.82) is 0 Å². The molecule has 0 saturated heterocycles. The van der Waals surface area contributed by atoms with Crippen molar-refractivity contribution in [3.8, 4) is 5.69 Å². The molecule has 102 valence electrons. The van der Waals surface area contributed by atoms with Crippen LogP contribution in [0.4, 0.5) is 0 Å². The maximum absolute atomic E-state index is 6.02. The Labute approximate surface area is 123 Å². The van der Waals surface area contributed by atoms with Gasteiger partial charge in [0.05, 0.1) is 11.9 Å². The summed E-state index contributed by atoms with van der Waals surface area (Å²) in [5.41, 5.74) is 3.14. The van der Waals surface area contributed by atoms with Crippen LogP contribution in [0, 0.1) is 6.92 Å². The minimum atomic E-state index is 0.448. The maximum Gasteiger partial charge on any atom is 0.0678 e. The van der Waals surface area contributed by atoms with Gasteiger partial charge in [-0.15, -0.1) is 0 Å². The van der Waals surface area contributed by atoms with E-state index >= 15 is 0 Å². The van der Waals surface area contributed by atoms with Gasteiger partial charge in [0.2, 0.25) is 0 Å². The minimum Gasteiger partial charge on any atom is -0.310 e. The third-order valence-corrected chi connectivity index (χ3v) is 3.34. The Morgan fingerprint density at radius 1 is 1.21 bits per heavy atom. The first-order valence-corrected chi connectivity index (χ1v) is 6.96. The van der Waals surface area contributed by atoms with Gasteiger partial charge in [-0.2, -0.15) is 5.10 Å². The van der Waals surface area contributed by atoms with Crippen LogP contribution in [0.3, 0.4) is 0 Å². The first-order valence-electron chi connectivity index (χ1n) is 6.20. The Bertz CT molecular complexity index is 556. The SMILES string of the molecule is Cc1c(CNC(C)C)cnn1-c1cc(Cl)cc(Cl)c1. The lowest BCUT2D eigenvalue weighted by atomic mass is 10.2. The molecule has 2 aromatic rings. The van der Waals surface area contributed by atoms with E-state index in [0.29, 0.717) is 16.1 Å². The van der Waals surface area contributed by atoms with Gasteiger partial charge >= 0.3 is 0 Å². The molecule has 0 aliphatic carbocycles. The first kappa shape index (κ1) is 14.4. The van der Waals surface area contributed by atoms with E-state index in [2.05, 4.69) is 24.3 Å². The average molecular weight is 298 g/mol. The van der Waals surface area contributed by atoms with E-state index in [1.54, 1.807) is 6.07 Å². The molecule has 0 bridgehead atoms. The summed E-state index contributed by atoms with van der Waals surface area (Å²) in [6.07, 6.45) is 1.87. The van der Waals surface area contributed by atoms with Gasteiger partial charge in [-0.25, -0.2) is 4.68 Å². The molecule has 0 saturated carbocycles. The lowest BCUT2D eigenvalue weighted by Crippen LogP contribution is -2.22. The third kappa shape index (κ3) is 3.50. The standard InChI is InChI=1S/C14H17Cl2N3/c1-9(2)17-7-11-8-18-19(10(11)3)14-5-12(15)4-13(16)6-14/h4-6,8-9,17H,7H2,1-3H3. The van der Waals surface area contributed by atoms with Crippen LogP contribution in [-0.2, 0) is 6.54 Å². The zero-order valence-electron chi connectivity index (χ0n) is 11.2. The number of hydrogen-bond donors (Lipinski definition) is 1. The topological polar surface area (TPSA) is 29.9 Å². The fourth-order valence-corrected chi connectivity index (χ4v) is 2.37. The van der Waals surface area contributed by atoms with E-state index in [-0.39, 0.29) is 0 Å². The molecule has 1 aromatic carbocycles. The highest BCUT2D eigenvalue weighted by molar-refractivity contribution is 6.34. The fraction of sp³-hybridized carbons (Fsp3) is 0.357. The Morgan fingerprint density at radius 3 is 2.42 bits per heavy atom. The molecular formula is C14H17Cl2N3. The highest BCUT2D eigenvalue weighted by Gasteiger charge is 2.09. The molecule has 1 aromatic heterocycles. The van der Waals surface area contributed by atoms with Gasteiger partial charge in [0.25, 0.3) is 0 Å². The molecule has 0 amide bonds. The van der Waals surface area contributed by atoms with E-state index in [4.69, 9.17) is 23.2 Å². The molecule has 1 heterocycles. The lowest BCUT2D eigenvalue weighted by molar-refractivity contribution is 0.587. The highest BCUT2D eigenvalue weighted by Crippen LogP contribution is 2.23. The van der Waals surface area contributed by atoms with Crippen LogP contribution in [0.5, 0.6) is 0 Å². The Balaban J connectivity index is 2.30. The van der Waals surface area contributed by atoms with Crippen molar-refractivity contribution in [3.63, 3.8) is 0 Å². The molecule has 0 radical (unpaired) electrons. The maximum atomic E-state index is 6.02. The Kier molecular flexibility index (Phi) is 4.50. The van der Waals surface area contributed by atoms with Crippen molar-refractivity contribution in [3.05, 3.63) is 45.7 Å². The summed E-state index contributed by atoms with van der Waals surface area (Å²) in [6.45, 7) is 7.09. The number of rotatable bonds is 4. The number of halogens is 2. The highest BCUT2D eigenvalue weighted by atomic mass is 35.5. The van der Waals surface area contributed by atoms with Gasteiger partial charge in [0.15, 0.2) is 0 Å². The van der Waals surface area contributed by atoms with Crippen molar-refractivity contribution in [2.24, 2.45) is 0 Å². The fourth-order valence-electron chi connectivity index (χ4n) is 1.85. The predicted molar refractivity (Wildman–Crippen MR) is 80.3 cm³/mol. The number of hydrogen-bond acceptors (Lipinski definition) is 2. The minimum absolute atomic E-state index is 0.448. The normalized spacial score (nSPS) is 11.3. The molecule has 2 rings (SSSR count). The molecule has 0 spiro atoms. The van der Waals surface area contributed by atoms with E-state index in [0.717, 1.165) is 17.9 Å². The van der Waals surface area contributed by atoms with Crippen molar-refractivity contribution >= 4 is 23.2 Å². The van der Waals surface area contributed by atoms with Crippen LogP contribution in [0.15, 0.2) is 24.4 Å². The molecule has 1 N–H and O–H groups in total.